The van der Waals surface area contributed by atoms with Crippen molar-refractivity contribution in [2.45, 2.75) is 19.1 Å². The van der Waals surface area contributed by atoms with E-state index in [2.05, 4.69) is 15.3 Å². The van der Waals surface area contributed by atoms with Crippen LogP contribution in [0.15, 0.2) is 97.5 Å². The third-order valence-electron chi connectivity index (χ3n) is 5.83. The van der Waals surface area contributed by atoms with Crippen molar-refractivity contribution in [3.05, 3.63) is 120 Å². The Morgan fingerprint density at radius 3 is 2.27 bits per heavy atom. The van der Waals surface area contributed by atoms with E-state index in [9.17, 15) is 9.59 Å². The molecule has 0 bridgehead atoms. The van der Waals surface area contributed by atoms with Crippen molar-refractivity contribution in [2.75, 3.05) is 14.2 Å². The fourth-order valence-electron chi connectivity index (χ4n) is 3.95. The fourth-order valence-corrected chi connectivity index (χ4v) is 3.95. The highest BCUT2D eigenvalue weighted by molar-refractivity contribution is 5.96. The van der Waals surface area contributed by atoms with E-state index in [0.29, 0.717) is 23.6 Å². The zero-order chi connectivity index (χ0) is 26.0. The Morgan fingerprint density at radius 1 is 0.865 bits per heavy atom. The molecule has 2 amide bonds. The fraction of sp³-hybridized carbons (Fsp3) is 0.172. The van der Waals surface area contributed by atoms with Crippen LogP contribution in [0.4, 0.5) is 0 Å². The number of carbonyl (C=O) groups is 2. The highest BCUT2D eigenvalue weighted by Crippen LogP contribution is 2.28. The van der Waals surface area contributed by atoms with Gasteiger partial charge in [0.05, 0.1) is 20.4 Å². The minimum atomic E-state index is -0.949. The van der Waals surface area contributed by atoms with E-state index in [1.54, 1.807) is 38.5 Å². The predicted molar refractivity (Wildman–Crippen MR) is 139 cm³/mol. The van der Waals surface area contributed by atoms with Gasteiger partial charge < -0.3 is 19.7 Å². The Morgan fingerprint density at radius 2 is 1.59 bits per heavy atom. The maximum absolute atomic E-state index is 13.8. The van der Waals surface area contributed by atoms with E-state index in [1.165, 1.54) is 23.5 Å². The molecule has 8 heteroatoms. The van der Waals surface area contributed by atoms with Gasteiger partial charge in [0.1, 0.15) is 23.2 Å². The Labute approximate surface area is 215 Å². The number of hydrogen-bond acceptors (Lipinski definition) is 6. The lowest BCUT2D eigenvalue weighted by Crippen LogP contribution is -2.43. The number of methoxy groups -OCH3 is 2. The predicted octanol–water partition coefficient (Wildman–Crippen LogP) is 4.19. The topological polar surface area (TPSA) is 93.7 Å². The van der Waals surface area contributed by atoms with Crippen LogP contribution in [-0.2, 0) is 17.9 Å². The minimum Gasteiger partial charge on any atom is -0.497 e. The molecule has 0 radical (unpaired) electrons. The number of nitrogens with one attached hydrogen (secondary N) is 1. The monoisotopic (exact) mass is 496 g/mol. The lowest BCUT2D eigenvalue weighted by molar-refractivity contribution is -0.126. The number of rotatable bonds is 10. The van der Waals surface area contributed by atoms with Crippen LogP contribution in [0.1, 0.15) is 33.2 Å². The number of nitrogens with zero attached hydrogens (tertiary/aromatic N) is 3. The quantitative estimate of drug-likeness (QED) is 0.354. The smallest absolute Gasteiger partial charge is 0.275 e. The van der Waals surface area contributed by atoms with Gasteiger partial charge in [0.25, 0.3) is 5.91 Å². The zero-order valence-electron chi connectivity index (χ0n) is 20.7. The number of benzene rings is 3. The largest absolute Gasteiger partial charge is 0.497 e. The van der Waals surface area contributed by atoms with E-state index < -0.39 is 11.9 Å². The molecule has 4 rings (SSSR count). The second kappa shape index (κ2) is 12.3. The van der Waals surface area contributed by atoms with Gasteiger partial charge in [-0.25, -0.2) is 4.98 Å². The SMILES string of the molecule is COc1ccc(C(C(=O)NCc2ccccc2)N(Cc2cccc(OC)c2)C(=O)c2cnccn2)cc1. The zero-order valence-corrected chi connectivity index (χ0v) is 20.7. The van der Waals surface area contributed by atoms with Crippen molar-refractivity contribution in [3.63, 3.8) is 0 Å². The highest BCUT2D eigenvalue weighted by atomic mass is 16.5. The first-order chi connectivity index (χ1) is 18.1. The Bertz CT molecular complexity index is 1310. The van der Waals surface area contributed by atoms with Gasteiger partial charge in [0, 0.05) is 25.5 Å². The summed E-state index contributed by atoms with van der Waals surface area (Å²) in [7, 11) is 3.16. The molecule has 4 aromatic rings. The Balaban J connectivity index is 1.74. The van der Waals surface area contributed by atoms with Crippen molar-refractivity contribution in [3.8, 4) is 11.5 Å². The van der Waals surface area contributed by atoms with Gasteiger partial charge in [-0.1, -0.05) is 54.6 Å². The van der Waals surface area contributed by atoms with Crippen LogP contribution in [0, 0.1) is 0 Å². The normalized spacial score (nSPS) is 11.3. The average Bonchev–Trinajstić information content (AvgIpc) is 2.96. The molecule has 0 aliphatic carbocycles. The van der Waals surface area contributed by atoms with E-state index in [1.807, 2.05) is 54.6 Å². The molecule has 0 aliphatic heterocycles. The van der Waals surface area contributed by atoms with E-state index >= 15 is 0 Å². The van der Waals surface area contributed by atoms with Crippen molar-refractivity contribution in [1.29, 1.82) is 0 Å². The van der Waals surface area contributed by atoms with Crippen molar-refractivity contribution < 1.29 is 19.1 Å². The molecule has 1 unspecified atom stereocenters. The van der Waals surface area contributed by atoms with Gasteiger partial charge in [-0.15, -0.1) is 0 Å². The standard InChI is InChI=1S/C29H28N4O4/c1-36-24-13-11-23(12-14-24)27(28(34)32-18-21-7-4-3-5-8-21)33(29(35)26-19-30-15-16-31-26)20-22-9-6-10-25(17-22)37-2/h3-17,19,27H,18,20H2,1-2H3,(H,32,34). The molecular formula is C29H28N4O4. The molecule has 0 saturated heterocycles. The number of amides is 2. The molecule has 1 N–H and O–H groups in total. The molecule has 37 heavy (non-hydrogen) atoms. The summed E-state index contributed by atoms with van der Waals surface area (Å²) in [6.07, 6.45) is 4.35. The maximum atomic E-state index is 13.8. The molecule has 188 valence electrons. The van der Waals surface area contributed by atoms with Crippen LogP contribution in [0.25, 0.3) is 0 Å². The summed E-state index contributed by atoms with van der Waals surface area (Å²) >= 11 is 0. The van der Waals surface area contributed by atoms with Gasteiger partial charge in [-0.05, 0) is 41.0 Å². The van der Waals surface area contributed by atoms with E-state index in [4.69, 9.17) is 9.47 Å². The molecule has 1 heterocycles. The Kier molecular flexibility index (Phi) is 8.44. The highest BCUT2D eigenvalue weighted by Gasteiger charge is 2.33. The maximum Gasteiger partial charge on any atom is 0.275 e. The molecule has 0 spiro atoms. The van der Waals surface area contributed by atoms with Crippen molar-refractivity contribution in [1.82, 2.24) is 20.2 Å². The molecule has 0 fully saturated rings. The second-order valence-electron chi connectivity index (χ2n) is 8.25. The van der Waals surface area contributed by atoms with Crippen LogP contribution in [-0.4, -0.2) is 40.9 Å². The second-order valence-corrected chi connectivity index (χ2v) is 8.25. The molecule has 1 aromatic heterocycles. The molecule has 3 aromatic carbocycles. The van der Waals surface area contributed by atoms with E-state index in [-0.39, 0.29) is 18.1 Å². The Hall–Kier alpha value is -4.72. The summed E-state index contributed by atoms with van der Waals surface area (Å²) in [6.45, 7) is 0.459. The van der Waals surface area contributed by atoms with Crippen LogP contribution in [0.5, 0.6) is 11.5 Å². The third kappa shape index (κ3) is 6.49. The van der Waals surface area contributed by atoms with Crippen LogP contribution in [0.3, 0.4) is 0 Å². The lowest BCUT2D eigenvalue weighted by atomic mass is 10.0. The first-order valence-electron chi connectivity index (χ1n) is 11.7. The summed E-state index contributed by atoms with van der Waals surface area (Å²) in [4.78, 5) is 37.3. The molecule has 0 saturated carbocycles. The van der Waals surface area contributed by atoms with Gasteiger partial charge in [0.2, 0.25) is 5.91 Å². The first kappa shape index (κ1) is 25.4. The van der Waals surface area contributed by atoms with Crippen LogP contribution < -0.4 is 14.8 Å². The van der Waals surface area contributed by atoms with E-state index in [0.717, 1.165) is 11.1 Å². The average molecular weight is 497 g/mol. The van der Waals surface area contributed by atoms with Gasteiger partial charge >= 0.3 is 0 Å². The summed E-state index contributed by atoms with van der Waals surface area (Å²) in [5.41, 5.74) is 2.51. The molecule has 8 nitrogen and oxygen atoms in total. The van der Waals surface area contributed by atoms with Gasteiger partial charge in [-0.2, -0.15) is 0 Å². The molecule has 1 atom stereocenters. The number of hydrogen-bond donors (Lipinski definition) is 1. The molecule has 0 aliphatic rings. The first-order valence-corrected chi connectivity index (χ1v) is 11.7. The van der Waals surface area contributed by atoms with Crippen LogP contribution in [0.2, 0.25) is 0 Å². The minimum absolute atomic E-state index is 0.139. The van der Waals surface area contributed by atoms with Gasteiger partial charge in [-0.3, -0.25) is 14.6 Å². The number of ether oxygens (including phenoxy) is 2. The third-order valence-corrected chi connectivity index (χ3v) is 5.83. The summed E-state index contributed by atoms with van der Waals surface area (Å²) in [6, 6.07) is 23.2. The number of carbonyl (C=O) groups excluding carboxylic acids is 2. The summed E-state index contributed by atoms with van der Waals surface area (Å²) in [5.74, 6) is 0.548. The van der Waals surface area contributed by atoms with Crippen LogP contribution >= 0.6 is 0 Å². The van der Waals surface area contributed by atoms with Gasteiger partial charge in [0.15, 0.2) is 0 Å². The summed E-state index contributed by atoms with van der Waals surface area (Å²) < 4.78 is 10.7. The number of aromatic nitrogens is 2. The summed E-state index contributed by atoms with van der Waals surface area (Å²) in [5, 5.41) is 3.00. The lowest BCUT2D eigenvalue weighted by Gasteiger charge is -2.31. The molecular weight excluding hydrogens is 468 g/mol. The van der Waals surface area contributed by atoms with Crippen molar-refractivity contribution >= 4 is 11.8 Å². The van der Waals surface area contributed by atoms with Crippen molar-refractivity contribution in [2.24, 2.45) is 0 Å².